The lowest BCUT2D eigenvalue weighted by Gasteiger charge is -2.40. The number of aliphatic hydroxyl groups is 5. The first-order valence-corrected chi connectivity index (χ1v) is 27.4. The van der Waals surface area contributed by atoms with Crippen molar-refractivity contribution in [1.82, 2.24) is 5.32 Å². The molecular weight excluding hydrogens is 871 g/mol. The molecule has 69 heavy (non-hydrogen) atoms. The standard InChI is InChI=1S/C58H99NO10/c1-3-5-7-9-11-13-15-20-24-28-32-36-40-44-51(61)50(49-68-58-57(66)56(65)55(64)52(48-60)69-58)59-53(62)45-41-37-33-29-25-22-18-17-19-23-27-31-35-39-43-47-67-54(63)46-42-38-34-30-26-21-16-14-12-10-8-6-4-2/h8,10-11,13-14,16-17,19,23-24,27-28,40,44,50-52,55-58,60-61,64-66H,3-7,9,12,15,18,20-22,25-26,29-39,41-43,45-49H2,1-2H3,(H,59,62)/b10-8-,13-11+,16-14-,19-17-,27-23-,28-24+,44-40+. The molecule has 1 rings (SSSR count). The number of hydrogen-bond acceptors (Lipinski definition) is 10. The normalized spacial score (nSPS) is 20.0. The van der Waals surface area contributed by atoms with Crippen molar-refractivity contribution in [2.45, 2.75) is 249 Å². The van der Waals surface area contributed by atoms with E-state index in [1.54, 1.807) is 6.08 Å². The van der Waals surface area contributed by atoms with E-state index in [2.05, 4.69) is 92.1 Å². The predicted octanol–water partition coefficient (Wildman–Crippen LogP) is 11.8. The first-order valence-electron chi connectivity index (χ1n) is 27.4. The number of carbonyl (C=O) groups excluding carboxylic acids is 2. The Morgan fingerprint density at radius 3 is 1.67 bits per heavy atom. The second-order valence-corrected chi connectivity index (χ2v) is 18.6. The lowest BCUT2D eigenvalue weighted by atomic mass is 9.99. The van der Waals surface area contributed by atoms with E-state index in [-0.39, 0.29) is 18.5 Å². The number of nitrogens with one attached hydrogen (secondary N) is 1. The maximum Gasteiger partial charge on any atom is 0.305 e. The maximum atomic E-state index is 13.0. The van der Waals surface area contributed by atoms with Crippen LogP contribution in [0.5, 0.6) is 0 Å². The molecule has 0 saturated carbocycles. The minimum Gasteiger partial charge on any atom is -0.466 e. The molecule has 0 aromatic heterocycles. The zero-order valence-corrected chi connectivity index (χ0v) is 43.2. The summed E-state index contributed by atoms with van der Waals surface area (Å²) in [6.07, 6.45) is 52.3. The van der Waals surface area contributed by atoms with Gasteiger partial charge in [0.2, 0.25) is 5.91 Å². The summed E-state index contributed by atoms with van der Waals surface area (Å²) in [7, 11) is 0. The molecule has 1 amide bonds. The second kappa shape index (κ2) is 47.2. The van der Waals surface area contributed by atoms with Crippen molar-refractivity contribution in [2.24, 2.45) is 0 Å². The van der Waals surface area contributed by atoms with Gasteiger partial charge in [-0.2, -0.15) is 0 Å². The molecule has 0 bridgehead atoms. The van der Waals surface area contributed by atoms with Crippen LogP contribution in [0, 0.1) is 0 Å². The smallest absolute Gasteiger partial charge is 0.305 e. The van der Waals surface area contributed by atoms with Gasteiger partial charge in [0.25, 0.3) is 0 Å². The van der Waals surface area contributed by atoms with E-state index in [4.69, 9.17) is 14.2 Å². The van der Waals surface area contributed by atoms with Crippen LogP contribution in [0.2, 0.25) is 0 Å². The Kier molecular flexibility index (Phi) is 43.7. The number of ether oxygens (including phenoxy) is 3. The van der Waals surface area contributed by atoms with E-state index in [1.165, 1.54) is 51.4 Å². The molecule has 6 N–H and O–H groups in total. The SMILES string of the molecule is CCC/C=C\C/C=C\CCCCCCCC(=O)OCCCCC/C=C\C=C/CCCCCCCCC(=O)NC(COC1OC(CO)C(O)C(O)C1O)C(O)/C=C/CC/C=C/CC/C=C/CCCCC. The van der Waals surface area contributed by atoms with E-state index in [0.29, 0.717) is 32.3 Å². The summed E-state index contributed by atoms with van der Waals surface area (Å²) in [6, 6.07) is -0.854. The van der Waals surface area contributed by atoms with Crippen molar-refractivity contribution in [1.29, 1.82) is 0 Å². The van der Waals surface area contributed by atoms with E-state index in [0.717, 1.165) is 116 Å². The first kappa shape index (κ1) is 63.9. The molecule has 0 spiro atoms. The minimum absolute atomic E-state index is 0.0594. The Morgan fingerprint density at radius 2 is 1.06 bits per heavy atom. The van der Waals surface area contributed by atoms with Crippen LogP contribution in [0.15, 0.2) is 85.1 Å². The van der Waals surface area contributed by atoms with Gasteiger partial charge in [0.1, 0.15) is 24.4 Å². The summed E-state index contributed by atoms with van der Waals surface area (Å²) in [5, 5.41) is 54.2. The second-order valence-electron chi connectivity index (χ2n) is 18.6. The van der Waals surface area contributed by atoms with Crippen LogP contribution in [-0.2, 0) is 23.8 Å². The molecule has 7 atom stereocenters. The average molecular weight is 970 g/mol. The van der Waals surface area contributed by atoms with Crippen molar-refractivity contribution in [2.75, 3.05) is 19.8 Å². The highest BCUT2D eigenvalue weighted by Gasteiger charge is 2.44. The fourth-order valence-corrected chi connectivity index (χ4v) is 7.79. The third kappa shape index (κ3) is 37.3. The molecule has 1 fully saturated rings. The number of amides is 1. The van der Waals surface area contributed by atoms with Gasteiger partial charge in [0.05, 0.1) is 32.0 Å². The summed E-state index contributed by atoms with van der Waals surface area (Å²) in [5.41, 5.74) is 0. The highest BCUT2D eigenvalue weighted by molar-refractivity contribution is 5.76. The molecule has 1 aliphatic heterocycles. The molecular formula is C58H99NO10. The van der Waals surface area contributed by atoms with Crippen molar-refractivity contribution in [3.05, 3.63) is 85.1 Å². The van der Waals surface area contributed by atoms with E-state index >= 15 is 0 Å². The summed E-state index contributed by atoms with van der Waals surface area (Å²) in [4.78, 5) is 25.0. The minimum atomic E-state index is -1.59. The van der Waals surface area contributed by atoms with E-state index < -0.39 is 49.5 Å². The van der Waals surface area contributed by atoms with Gasteiger partial charge in [0.15, 0.2) is 6.29 Å². The summed E-state index contributed by atoms with van der Waals surface area (Å²) < 4.78 is 16.6. The lowest BCUT2D eigenvalue weighted by Crippen LogP contribution is -2.60. The Labute approximate surface area is 419 Å². The van der Waals surface area contributed by atoms with Crippen molar-refractivity contribution < 1.29 is 49.3 Å². The van der Waals surface area contributed by atoms with Crippen LogP contribution in [0.3, 0.4) is 0 Å². The molecule has 0 aromatic rings. The maximum absolute atomic E-state index is 13.0. The van der Waals surface area contributed by atoms with Gasteiger partial charge >= 0.3 is 5.97 Å². The summed E-state index contributed by atoms with van der Waals surface area (Å²) in [5.74, 6) is -0.283. The molecule has 396 valence electrons. The summed E-state index contributed by atoms with van der Waals surface area (Å²) >= 11 is 0. The van der Waals surface area contributed by atoms with Crippen molar-refractivity contribution >= 4 is 11.9 Å². The Hall–Kier alpha value is -3.16. The van der Waals surface area contributed by atoms with Gasteiger partial charge in [-0.1, -0.05) is 163 Å². The van der Waals surface area contributed by atoms with E-state index in [9.17, 15) is 35.1 Å². The highest BCUT2D eigenvalue weighted by atomic mass is 16.7. The number of carbonyl (C=O) groups is 2. The summed E-state index contributed by atoms with van der Waals surface area (Å²) in [6.45, 7) is 4.12. The Balaban J connectivity index is 2.21. The molecule has 0 radical (unpaired) electrons. The zero-order chi connectivity index (χ0) is 50.3. The topological polar surface area (TPSA) is 175 Å². The van der Waals surface area contributed by atoms with Gasteiger partial charge in [-0.25, -0.2) is 0 Å². The molecule has 0 aliphatic carbocycles. The van der Waals surface area contributed by atoms with Gasteiger partial charge in [0, 0.05) is 12.8 Å². The molecule has 1 aliphatic rings. The largest absolute Gasteiger partial charge is 0.466 e. The molecule has 0 aromatic carbocycles. The number of unbranched alkanes of at least 4 members (excludes halogenated alkanes) is 20. The predicted molar refractivity (Wildman–Crippen MR) is 282 cm³/mol. The number of rotatable bonds is 45. The van der Waals surface area contributed by atoms with Crippen LogP contribution < -0.4 is 5.32 Å². The van der Waals surface area contributed by atoms with Crippen molar-refractivity contribution in [3.63, 3.8) is 0 Å². The van der Waals surface area contributed by atoms with Gasteiger partial charge < -0.3 is 45.1 Å². The van der Waals surface area contributed by atoms with E-state index in [1.807, 2.05) is 6.08 Å². The van der Waals surface area contributed by atoms with Gasteiger partial charge in [-0.05, 0) is 116 Å². The Bertz CT molecular complexity index is 1420. The van der Waals surface area contributed by atoms with Crippen LogP contribution >= 0.6 is 0 Å². The van der Waals surface area contributed by atoms with Crippen LogP contribution in [0.25, 0.3) is 0 Å². The number of esters is 1. The molecule has 1 heterocycles. The van der Waals surface area contributed by atoms with Crippen LogP contribution in [0.1, 0.15) is 206 Å². The fraction of sp³-hybridized carbons (Fsp3) is 0.724. The zero-order valence-electron chi connectivity index (χ0n) is 43.2. The molecule has 7 unspecified atom stereocenters. The van der Waals surface area contributed by atoms with Gasteiger partial charge in [-0.3, -0.25) is 9.59 Å². The first-order chi connectivity index (χ1) is 33.7. The lowest BCUT2D eigenvalue weighted by molar-refractivity contribution is -0.302. The highest BCUT2D eigenvalue weighted by Crippen LogP contribution is 2.22. The van der Waals surface area contributed by atoms with Crippen molar-refractivity contribution in [3.8, 4) is 0 Å². The average Bonchev–Trinajstić information content (AvgIpc) is 3.34. The number of aliphatic hydroxyl groups excluding tert-OH is 5. The third-order valence-electron chi connectivity index (χ3n) is 12.2. The third-order valence-corrected chi connectivity index (χ3v) is 12.2. The molecule has 11 nitrogen and oxygen atoms in total. The van der Waals surface area contributed by atoms with Gasteiger partial charge in [-0.15, -0.1) is 0 Å². The monoisotopic (exact) mass is 970 g/mol. The Morgan fingerprint density at radius 1 is 0.551 bits per heavy atom. The molecule has 11 heteroatoms. The van der Waals surface area contributed by atoms with Crippen LogP contribution in [-0.4, -0.2) is 100 Å². The van der Waals surface area contributed by atoms with Crippen LogP contribution in [0.4, 0.5) is 0 Å². The fourth-order valence-electron chi connectivity index (χ4n) is 7.79. The quantitative estimate of drug-likeness (QED) is 0.0149. The molecule has 1 saturated heterocycles. The number of allylic oxidation sites excluding steroid dienone is 13. The number of hydrogen-bond donors (Lipinski definition) is 6.